The molecule has 0 radical (unpaired) electrons. The Kier molecular flexibility index (Phi) is 7.00. The second kappa shape index (κ2) is 8.32. The summed E-state index contributed by atoms with van der Waals surface area (Å²) in [7, 11) is -2.34. The number of esters is 1. The molecule has 0 aromatic heterocycles. The zero-order valence-corrected chi connectivity index (χ0v) is 15.6. The predicted molar refractivity (Wildman–Crippen MR) is 93.6 cm³/mol. The maximum Gasteiger partial charge on any atom is 0.317 e. The molecule has 1 N–H and O–H groups in total. The lowest BCUT2D eigenvalue weighted by Gasteiger charge is -2.33. The molecule has 0 saturated heterocycles. The van der Waals surface area contributed by atoms with Gasteiger partial charge < -0.3 is 4.74 Å². The van der Waals surface area contributed by atoms with Crippen molar-refractivity contribution in [3.05, 3.63) is 30.3 Å². The Morgan fingerprint density at radius 1 is 1.25 bits per heavy atom. The molecule has 2 atom stereocenters. The number of nitrogens with one attached hydrogen (secondary N) is 1. The third kappa shape index (κ3) is 5.99. The first-order valence-electron chi connectivity index (χ1n) is 7.70. The Morgan fingerprint density at radius 3 is 2.33 bits per heavy atom. The van der Waals surface area contributed by atoms with Crippen molar-refractivity contribution in [3.63, 3.8) is 0 Å². The van der Waals surface area contributed by atoms with Crippen LogP contribution in [0.2, 0.25) is 0 Å². The molecular formula is C18H25NO4S. The number of sulfonamides is 1. The molecule has 1 rings (SSSR count). The summed E-state index contributed by atoms with van der Waals surface area (Å²) in [5, 5.41) is 0. The van der Waals surface area contributed by atoms with E-state index in [1.165, 1.54) is 7.11 Å². The van der Waals surface area contributed by atoms with Crippen LogP contribution >= 0.6 is 0 Å². The van der Waals surface area contributed by atoms with E-state index in [-0.39, 0.29) is 22.6 Å². The van der Waals surface area contributed by atoms with Gasteiger partial charge >= 0.3 is 5.97 Å². The Bertz CT molecular complexity index is 709. The molecule has 0 aliphatic carbocycles. The number of methoxy groups -OCH3 is 1. The number of ether oxygens (including phenoxy) is 1. The lowest BCUT2D eigenvalue weighted by Crippen LogP contribution is -2.47. The molecule has 0 aliphatic heterocycles. The predicted octanol–water partition coefficient (Wildman–Crippen LogP) is 2.58. The SMILES string of the molecule is COC(=O)CC#C[C@H](C)[C@@H](NS(=O)(=O)c1ccccc1)C(C)(C)C. The smallest absolute Gasteiger partial charge is 0.317 e. The number of rotatable bonds is 5. The van der Waals surface area contributed by atoms with Gasteiger partial charge in [0.05, 0.1) is 12.0 Å². The maximum absolute atomic E-state index is 12.6. The average Bonchev–Trinajstić information content (AvgIpc) is 2.52. The highest BCUT2D eigenvalue weighted by Crippen LogP contribution is 2.27. The molecule has 1 aromatic carbocycles. The van der Waals surface area contributed by atoms with Crippen LogP contribution in [-0.4, -0.2) is 27.5 Å². The molecule has 5 nitrogen and oxygen atoms in total. The van der Waals surface area contributed by atoms with Crippen molar-refractivity contribution in [2.24, 2.45) is 11.3 Å². The third-order valence-electron chi connectivity index (χ3n) is 3.56. The van der Waals surface area contributed by atoms with Crippen molar-refractivity contribution in [1.82, 2.24) is 4.72 Å². The monoisotopic (exact) mass is 351 g/mol. The van der Waals surface area contributed by atoms with Gasteiger partial charge in [0, 0.05) is 12.0 Å². The summed E-state index contributed by atoms with van der Waals surface area (Å²) in [5.41, 5.74) is -0.346. The molecule has 0 unspecified atom stereocenters. The molecule has 0 bridgehead atoms. The van der Waals surface area contributed by atoms with Gasteiger partial charge in [0.2, 0.25) is 10.0 Å². The number of carbonyl (C=O) groups excluding carboxylic acids is 1. The first-order chi connectivity index (χ1) is 11.1. The van der Waals surface area contributed by atoms with E-state index in [2.05, 4.69) is 21.3 Å². The Morgan fingerprint density at radius 2 is 1.83 bits per heavy atom. The summed E-state index contributed by atoms with van der Waals surface area (Å²) in [5.74, 6) is 5.02. The van der Waals surface area contributed by atoms with Crippen LogP contribution in [0.1, 0.15) is 34.1 Å². The molecular weight excluding hydrogens is 326 g/mol. The van der Waals surface area contributed by atoms with Crippen molar-refractivity contribution in [2.75, 3.05) is 7.11 Å². The lowest BCUT2D eigenvalue weighted by molar-refractivity contribution is -0.139. The summed E-state index contributed by atoms with van der Waals surface area (Å²) in [6.07, 6.45) is -0.0108. The molecule has 0 spiro atoms. The number of hydrogen-bond acceptors (Lipinski definition) is 4. The highest BCUT2D eigenvalue weighted by molar-refractivity contribution is 7.89. The zero-order valence-electron chi connectivity index (χ0n) is 14.8. The van der Waals surface area contributed by atoms with E-state index in [0.29, 0.717) is 0 Å². The molecule has 0 heterocycles. The van der Waals surface area contributed by atoms with Crippen molar-refractivity contribution in [3.8, 4) is 11.8 Å². The molecule has 24 heavy (non-hydrogen) atoms. The van der Waals surface area contributed by atoms with Crippen LogP contribution in [0.3, 0.4) is 0 Å². The zero-order chi connectivity index (χ0) is 18.4. The molecule has 0 saturated carbocycles. The van der Waals surface area contributed by atoms with Gasteiger partial charge in [0.1, 0.15) is 6.42 Å². The fraction of sp³-hybridized carbons (Fsp3) is 0.500. The second-order valence-electron chi connectivity index (χ2n) is 6.64. The van der Waals surface area contributed by atoms with E-state index in [1.54, 1.807) is 30.3 Å². The van der Waals surface area contributed by atoms with E-state index in [4.69, 9.17) is 0 Å². The maximum atomic E-state index is 12.6. The van der Waals surface area contributed by atoms with Gasteiger partial charge in [-0.25, -0.2) is 13.1 Å². The van der Waals surface area contributed by atoms with Crippen LogP contribution in [0.4, 0.5) is 0 Å². The van der Waals surface area contributed by atoms with Crippen LogP contribution in [0.25, 0.3) is 0 Å². The van der Waals surface area contributed by atoms with Gasteiger partial charge in [-0.15, -0.1) is 0 Å². The minimum absolute atomic E-state index is 0.0108. The lowest BCUT2D eigenvalue weighted by atomic mass is 9.80. The van der Waals surface area contributed by atoms with Gasteiger partial charge in [-0.1, -0.05) is 50.8 Å². The van der Waals surface area contributed by atoms with E-state index in [0.717, 1.165) is 0 Å². The Labute approximate surface area is 144 Å². The number of hydrogen-bond donors (Lipinski definition) is 1. The standard InChI is InChI=1S/C18H25NO4S/c1-14(10-9-13-16(20)23-5)17(18(2,3)4)19-24(21,22)15-11-7-6-8-12-15/h6-8,11-12,14,17,19H,13H2,1-5H3/t14-,17+/m0/s1. The summed E-state index contributed by atoms with van der Waals surface area (Å²) in [4.78, 5) is 11.4. The average molecular weight is 351 g/mol. The van der Waals surface area contributed by atoms with Gasteiger partial charge in [-0.2, -0.15) is 0 Å². The summed E-state index contributed by atoms with van der Waals surface area (Å²) >= 11 is 0. The van der Waals surface area contributed by atoms with Gasteiger partial charge in [-0.3, -0.25) is 4.79 Å². The molecule has 0 aliphatic rings. The fourth-order valence-corrected chi connectivity index (χ4v) is 3.85. The molecule has 6 heteroatoms. The largest absolute Gasteiger partial charge is 0.468 e. The normalized spacial score (nSPS) is 14.2. The van der Waals surface area contributed by atoms with Gasteiger partial charge in [0.15, 0.2) is 0 Å². The minimum Gasteiger partial charge on any atom is -0.468 e. The van der Waals surface area contributed by atoms with Crippen LogP contribution < -0.4 is 4.72 Å². The van der Waals surface area contributed by atoms with Crippen molar-refractivity contribution in [1.29, 1.82) is 0 Å². The van der Waals surface area contributed by atoms with E-state index >= 15 is 0 Å². The molecule has 0 fully saturated rings. The van der Waals surface area contributed by atoms with Crippen LogP contribution in [-0.2, 0) is 19.6 Å². The van der Waals surface area contributed by atoms with Crippen LogP contribution in [0, 0.1) is 23.2 Å². The first kappa shape index (κ1) is 20.2. The fourth-order valence-electron chi connectivity index (χ4n) is 2.30. The quantitative estimate of drug-likeness (QED) is 0.654. The molecule has 132 valence electrons. The van der Waals surface area contributed by atoms with Crippen LogP contribution in [0.5, 0.6) is 0 Å². The number of benzene rings is 1. The molecule has 1 aromatic rings. The highest BCUT2D eigenvalue weighted by atomic mass is 32.2. The van der Waals surface area contributed by atoms with Gasteiger partial charge in [-0.05, 0) is 24.5 Å². The van der Waals surface area contributed by atoms with E-state index < -0.39 is 22.0 Å². The Hall–Kier alpha value is -1.84. The third-order valence-corrected chi connectivity index (χ3v) is 5.02. The summed E-state index contributed by atoms with van der Waals surface area (Å²) < 4.78 is 32.5. The topological polar surface area (TPSA) is 72.5 Å². The second-order valence-corrected chi connectivity index (χ2v) is 8.35. The Balaban J connectivity index is 3.00. The minimum atomic E-state index is -3.64. The van der Waals surface area contributed by atoms with Crippen LogP contribution in [0.15, 0.2) is 35.2 Å². The number of carbonyl (C=O) groups is 1. The van der Waals surface area contributed by atoms with Crippen molar-refractivity contribution in [2.45, 2.75) is 45.1 Å². The molecule has 0 amide bonds. The van der Waals surface area contributed by atoms with Crippen molar-refractivity contribution >= 4 is 16.0 Å². The van der Waals surface area contributed by atoms with Gasteiger partial charge in [0.25, 0.3) is 0 Å². The van der Waals surface area contributed by atoms with E-state index in [1.807, 2.05) is 27.7 Å². The highest BCUT2D eigenvalue weighted by Gasteiger charge is 2.33. The van der Waals surface area contributed by atoms with Crippen molar-refractivity contribution < 1.29 is 17.9 Å². The summed E-state index contributed by atoms with van der Waals surface area (Å²) in [6, 6.07) is 7.82. The first-order valence-corrected chi connectivity index (χ1v) is 9.19. The van der Waals surface area contributed by atoms with E-state index in [9.17, 15) is 13.2 Å². The summed E-state index contributed by atoms with van der Waals surface area (Å²) in [6.45, 7) is 7.69.